The quantitative estimate of drug-likeness (QED) is 0.843. The van der Waals surface area contributed by atoms with Crippen molar-refractivity contribution in [3.8, 4) is 5.75 Å². The van der Waals surface area contributed by atoms with Crippen LogP contribution in [0, 0.1) is 5.41 Å². The molecule has 0 aliphatic heterocycles. The van der Waals surface area contributed by atoms with Gasteiger partial charge in [-0.1, -0.05) is 18.2 Å². The van der Waals surface area contributed by atoms with Crippen molar-refractivity contribution in [2.75, 3.05) is 7.11 Å². The van der Waals surface area contributed by atoms with E-state index in [0.717, 1.165) is 16.3 Å². The third kappa shape index (κ3) is 2.47. The molecule has 0 aliphatic rings. The Morgan fingerprint density at radius 2 is 1.80 bits per heavy atom. The first-order valence-electron chi connectivity index (χ1n) is 6.43. The second-order valence-electron chi connectivity index (χ2n) is 5.48. The Morgan fingerprint density at radius 3 is 2.45 bits per heavy atom. The number of esters is 1. The van der Waals surface area contributed by atoms with Crippen molar-refractivity contribution in [2.24, 2.45) is 11.1 Å². The number of phenolic OH excluding ortho intramolecular Hbond substituents is 1. The number of fused-ring (bicyclic) bond motifs is 1. The number of methoxy groups -OCH3 is 1. The zero-order chi connectivity index (χ0) is 14.9. The van der Waals surface area contributed by atoms with Crippen LogP contribution in [-0.4, -0.2) is 18.2 Å². The number of nitrogens with two attached hydrogens (primary N) is 1. The van der Waals surface area contributed by atoms with Gasteiger partial charge in [-0.05, 0) is 48.4 Å². The molecule has 4 nitrogen and oxygen atoms in total. The van der Waals surface area contributed by atoms with E-state index in [0.29, 0.717) is 0 Å². The molecular weight excluding hydrogens is 254 g/mol. The molecule has 4 heteroatoms. The molecule has 2 aromatic rings. The predicted molar refractivity (Wildman–Crippen MR) is 78.3 cm³/mol. The van der Waals surface area contributed by atoms with E-state index in [1.54, 1.807) is 26.0 Å². The second-order valence-corrected chi connectivity index (χ2v) is 5.48. The van der Waals surface area contributed by atoms with Crippen molar-refractivity contribution in [3.05, 3.63) is 42.0 Å². The Labute approximate surface area is 118 Å². The van der Waals surface area contributed by atoms with Crippen LogP contribution in [0.2, 0.25) is 0 Å². The van der Waals surface area contributed by atoms with Crippen LogP contribution in [0.5, 0.6) is 5.75 Å². The van der Waals surface area contributed by atoms with Crippen LogP contribution in [0.3, 0.4) is 0 Å². The Hall–Kier alpha value is -2.07. The number of rotatable bonds is 3. The molecule has 0 unspecified atom stereocenters. The number of phenols is 1. The minimum absolute atomic E-state index is 0.226. The molecule has 2 rings (SSSR count). The molecule has 0 spiro atoms. The maximum atomic E-state index is 11.8. The third-order valence-corrected chi connectivity index (χ3v) is 3.70. The minimum Gasteiger partial charge on any atom is -0.508 e. The van der Waals surface area contributed by atoms with Crippen LogP contribution in [0.1, 0.15) is 25.5 Å². The summed E-state index contributed by atoms with van der Waals surface area (Å²) >= 11 is 0. The lowest BCUT2D eigenvalue weighted by Gasteiger charge is -2.29. The van der Waals surface area contributed by atoms with Crippen LogP contribution >= 0.6 is 0 Å². The first-order chi connectivity index (χ1) is 9.36. The van der Waals surface area contributed by atoms with Crippen molar-refractivity contribution in [3.63, 3.8) is 0 Å². The Balaban J connectivity index is 2.42. The topological polar surface area (TPSA) is 72.5 Å². The van der Waals surface area contributed by atoms with Crippen molar-refractivity contribution < 1.29 is 14.6 Å². The largest absolute Gasteiger partial charge is 0.508 e. The van der Waals surface area contributed by atoms with E-state index in [2.05, 4.69) is 0 Å². The lowest BCUT2D eigenvalue weighted by Crippen LogP contribution is -2.37. The summed E-state index contributed by atoms with van der Waals surface area (Å²) in [5.41, 5.74) is 6.27. The van der Waals surface area contributed by atoms with Crippen molar-refractivity contribution in [2.45, 2.75) is 19.9 Å². The maximum absolute atomic E-state index is 11.8. The van der Waals surface area contributed by atoms with Crippen LogP contribution in [0.25, 0.3) is 10.8 Å². The van der Waals surface area contributed by atoms with Gasteiger partial charge in [-0.2, -0.15) is 0 Å². The molecular formula is C16H19NO3. The van der Waals surface area contributed by atoms with Crippen LogP contribution < -0.4 is 5.73 Å². The number of hydrogen-bond acceptors (Lipinski definition) is 4. The van der Waals surface area contributed by atoms with E-state index < -0.39 is 11.5 Å². The predicted octanol–water partition coefficient (Wildman–Crippen LogP) is 2.74. The molecule has 3 N–H and O–H groups in total. The molecule has 0 saturated heterocycles. The van der Waals surface area contributed by atoms with E-state index in [1.165, 1.54) is 7.11 Å². The molecule has 0 saturated carbocycles. The first-order valence-corrected chi connectivity index (χ1v) is 6.43. The molecule has 2 aromatic carbocycles. The lowest BCUT2D eigenvalue weighted by molar-refractivity contribution is -0.152. The summed E-state index contributed by atoms with van der Waals surface area (Å²) in [6.07, 6.45) is 0. The van der Waals surface area contributed by atoms with Gasteiger partial charge in [0.15, 0.2) is 0 Å². The van der Waals surface area contributed by atoms with Gasteiger partial charge < -0.3 is 15.6 Å². The number of hydrogen-bond donors (Lipinski definition) is 2. The third-order valence-electron chi connectivity index (χ3n) is 3.70. The fourth-order valence-corrected chi connectivity index (χ4v) is 2.25. The van der Waals surface area contributed by atoms with E-state index in [4.69, 9.17) is 10.5 Å². The summed E-state index contributed by atoms with van der Waals surface area (Å²) in [5.74, 6) is -0.111. The molecule has 0 bridgehead atoms. The number of benzene rings is 2. The molecule has 0 aliphatic carbocycles. The molecule has 0 heterocycles. The van der Waals surface area contributed by atoms with E-state index in [1.807, 2.05) is 24.3 Å². The van der Waals surface area contributed by atoms with Crippen molar-refractivity contribution in [1.82, 2.24) is 0 Å². The number of carbonyl (C=O) groups excluding carboxylic acids is 1. The zero-order valence-electron chi connectivity index (χ0n) is 11.9. The average Bonchev–Trinajstić information content (AvgIpc) is 2.44. The van der Waals surface area contributed by atoms with Gasteiger partial charge in [0, 0.05) is 6.04 Å². The normalized spacial score (nSPS) is 13.2. The number of aromatic hydroxyl groups is 1. The Bertz CT molecular complexity index is 649. The van der Waals surface area contributed by atoms with Gasteiger partial charge in [-0.15, -0.1) is 0 Å². The summed E-state index contributed by atoms with van der Waals surface area (Å²) in [6, 6.07) is 10.4. The fraction of sp³-hybridized carbons (Fsp3) is 0.312. The van der Waals surface area contributed by atoms with E-state index >= 15 is 0 Å². The smallest absolute Gasteiger partial charge is 0.313 e. The highest BCUT2D eigenvalue weighted by Gasteiger charge is 2.36. The van der Waals surface area contributed by atoms with Gasteiger partial charge in [0.1, 0.15) is 5.75 Å². The standard InChI is InChI=1S/C16H19NO3/c1-16(2,15(19)20-3)14(17)12-5-4-11-9-13(18)7-6-10(11)8-12/h4-9,14,18H,17H2,1-3H3/t14-/m1/s1. The maximum Gasteiger partial charge on any atom is 0.313 e. The molecule has 0 radical (unpaired) electrons. The second kappa shape index (κ2) is 5.13. The van der Waals surface area contributed by atoms with E-state index in [-0.39, 0.29) is 11.7 Å². The minimum atomic E-state index is -0.806. The van der Waals surface area contributed by atoms with Gasteiger partial charge in [0.25, 0.3) is 0 Å². The van der Waals surface area contributed by atoms with Crippen LogP contribution in [0.15, 0.2) is 36.4 Å². The average molecular weight is 273 g/mol. The number of ether oxygens (including phenoxy) is 1. The van der Waals surface area contributed by atoms with Gasteiger partial charge >= 0.3 is 5.97 Å². The lowest BCUT2D eigenvalue weighted by atomic mass is 9.80. The highest BCUT2D eigenvalue weighted by atomic mass is 16.5. The van der Waals surface area contributed by atoms with Crippen LogP contribution in [-0.2, 0) is 9.53 Å². The summed E-state index contributed by atoms with van der Waals surface area (Å²) in [6.45, 7) is 3.54. The Morgan fingerprint density at radius 1 is 1.20 bits per heavy atom. The zero-order valence-corrected chi connectivity index (χ0v) is 11.9. The van der Waals surface area contributed by atoms with Crippen molar-refractivity contribution >= 4 is 16.7 Å². The van der Waals surface area contributed by atoms with Crippen LogP contribution in [0.4, 0.5) is 0 Å². The van der Waals surface area contributed by atoms with Gasteiger partial charge in [-0.25, -0.2) is 0 Å². The number of carbonyl (C=O) groups is 1. The van der Waals surface area contributed by atoms with Gasteiger partial charge in [0.2, 0.25) is 0 Å². The monoisotopic (exact) mass is 273 g/mol. The fourth-order valence-electron chi connectivity index (χ4n) is 2.25. The molecule has 20 heavy (non-hydrogen) atoms. The molecule has 1 atom stereocenters. The highest BCUT2D eigenvalue weighted by Crippen LogP contribution is 2.34. The summed E-state index contributed by atoms with van der Waals surface area (Å²) in [5, 5.41) is 11.4. The SMILES string of the molecule is COC(=O)C(C)(C)[C@H](N)c1ccc2cc(O)ccc2c1. The van der Waals surface area contributed by atoms with Gasteiger partial charge in [-0.3, -0.25) is 4.79 Å². The summed E-state index contributed by atoms with van der Waals surface area (Å²) in [4.78, 5) is 11.8. The summed E-state index contributed by atoms with van der Waals surface area (Å²) in [7, 11) is 1.36. The van der Waals surface area contributed by atoms with Crippen molar-refractivity contribution in [1.29, 1.82) is 0 Å². The highest BCUT2D eigenvalue weighted by molar-refractivity contribution is 5.85. The Kier molecular flexibility index (Phi) is 3.68. The molecule has 106 valence electrons. The molecule has 0 amide bonds. The molecule has 0 aromatic heterocycles. The summed E-state index contributed by atoms with van der Waals surface area (Å²) < 4.78 is 4.81. The van der Waals surface area contributed by atoms with Gasteiger partial charge in [0.05, 0.1) is 12.5 Å². The molecule has 0 fully saturated rings. The first kappa shape index (κ1) is 14.3. The van der Waals surface area contributed by atoms with E-state index in [9.17, 15) is 9.90 Å².